The van der Waals surface area contributed by atoms with Crippen molar-refractivity contribution in [1.29, 1.82) is 0 Å². The predicted molar refractivity (Wildman–Crippen MR) is 131 cm³/mol. The van der Waals surface area contributed by atoms with Crippen molar-refractivity contribution in [2.75, 3.05) is 25.0 Å². The molecule has 0 radical (unpaired) electrons. The molecule has 1 aliphatic heterocycles. The number of hydrogen-bond donors (Lipinski definition) is 2. The summed E-state index contributed by atoms with van der Waals surface area (Å²) in [5, 5.41) is 13.0. The largest absolute Gasteiger partial charge is 0.506 e. The number of nitrogens with one attached hydrogen (secondary N) is 1. The Labute approximate surface area is 195 Å². The van der Waals surface area contributed by atoms with Gasteiger partial charge in [-0.25, -0.2) is 4.79 Å². The van der Waals surface area contributed by atoms with Crippen molar-refractivity contribution in [3.63, 3.8) is 0 Å². The zero-order valence-corrected chi connectivity index (χ0v) is 18.8. The van der Waals surface area contributed by atoms with E-state index in [-0.39, 0.29) is 18.3 Å². The number of rotatable bonds is 5. The molecular formula is C28H30N2O3. The standard InChI is InChI=1S/C28H30N2O3/c31-27-14-13-20(18-30-15-7-1-2-8-16-30)17-26(27)29-28(32)33-19-25-23-11-5-3-9-21(23)22-10-4-6-12-24(22)25/h3-6,9-14,17,25,31H,1-2,7-8,15-16,18-19H2,(H,29,32). The lowest BCUT2D eigenvalue weighted by Crippen LogP contribution is -2.24. The highest BCUT2D eigenvalue weighted by molar-refractivity contribution is 5.87. The summed E-state index contributed by atoms with van der Waals surface area (Å²) >= 11 is 0. The Morgan fingerprint density at radius 3 is 2.21 bits per heavy atom. The number of carbonyl (C=O) groups excluding carboxylic acids is 1. The van der Waals surface area contributed by atoms with Crippen LogP contribution >= 0.6 is 0 Å². The first-order chi connectivity index (χ1) is 16.2. The molecule has 0 saturated carbocycles. The van der Waals surface area contributed by atoms with E-state index in [2.05, 4.69) is 34.5 Å². The van der Waals surface area contributed by atoms with Crippen molar-refractivity contribution in [1.82, 2.24) is 4.90 Å². The van der Waals surface area contributed by atoms with E-state index in [0.29, 0.717) is 5.69 Å². The van der Waals surface area contributed by atoms with Crippen LogP contribution in [0.4, 0.5) is 10.5 Å². The van der Waals surface area contributed by atoms with Crippen LogP contribution in [-0.4, -0.2) is 35.8 Å². The van der Waals surface area contributed by atoms with E-state index in [4.69, 9.17) is 4.74 Å². The van der Waals surface area contributed by atoms with Crippen LogP contribution in [-0.2, 0) is 11.3 Å². The quantitative estimate of drug-likeness (QED) is 0.467. The Morgan fingerprint density at radius 1 is 0.909 bits per heavy atom. The van der Waals surface area contributed by atoms with Crippen molar-refractivity contribution in [2.45, 2.75) is 38.1 Å². The number of benzene rings is 3. The summed E-state index contributed by atoms with van der Waals surface area (Å²) in [7, 11) is 0. The third-order valence-corrected chi connectivity index (χ3v) is 6.75. The van der Waals surface area contributed by atoms with E-state index < -0.39 is 6.09 Å². The van der Waals surface area contributed by atoms with Crippen molar-refractivity contribution in [3.8, 4) is 16.9 Å². The van der Waals surface area contributed by atoms with Crippen LogP contribution in [0.5, 0.6) is 5.75 Å². The third-order valence-electron chi connectivity index (χ3n) is 6.75. The highest BCUT2D eigenvalue weighted by Crippen LogP contribution is 2.44. The highest BCUT2D eigenvalue weighted by atomic mass is 16.5. The second kappa shape index (κ2) is 9.67. The molecule has 170 valence electrons. The van der Waals surface area contributed by atoms with Gasteiger partial charge in [0, 0.05) is 12.5 Å². The summed E-state index contributed by atoms with van der Waals surface area (Å²) < 4.78 is 5.63. The minimum Gasteiger partial charge on any atom is -0.506 e. The Balaban J connectivity index is 1.24. The number of hydrogen-bond acceptors (Lipinski definition) is 4. The fourth-order valence-electron chi connectivity index (χ4n) is 5.08. The van der Waals surface area contributed by atoms with Crippen molar-refractivity contribution in [2.24, 2.45) is 0 Å². The lowest BCUT2D eigenvalue weighted by atomic mass is 9.98. The maximum atomic E-state index is 12.6. The fourth-order valence-corrected chi connectivity index (χ4v) is 5.08. The minimum atomic E-state index is -0.556. The average molecular weight is 443 g/mol. The van der Waals surface area contributed by atoms with Gasteiger partial charge in [-0.15, -0.1) is 0 Å². The van der Waals surface area contributed by atoms with Gasteiger partial charge in [-0.1, -0.05) is 67.4 Å². The first-order valence-electron chi connectivity index (χ1n) is 11.9. The van der Waals surface area contributed by atoms with Gasteiger partial charge in [0.25, 0.3) is 0 Å². The van der Waals surface area contributed by atoms with E-state index >= 15 is 0 Å². The highest BCUT2D eigenvalue weighted by Gasteiger charge is 2.29. The average Bonchev–Trinajstić information content (AvgIpc) is 2.95. The topological polar surface area (TPSA) is 61.8 Å². The van der Waals surface area contributed by atoms with E-state index in [0.717, 1.165) is 25.2 Å². The number of anilines is 1. The Morgan fingerprint density at radius 2 is 1.55 bits per heavy atom. The van der Waals surface area contributed by atoms with Crippen LogP contribution in [0.15, 0.2) is 66.7 Å². The third kappa shape index (κ3) is 4.74. The molecule has 3 aromatic rings. The first-order valence-corrected chi connectivity index (χ1v) is 11.9. The van der Waals surface area contributed by atoms with Gasteiger partial charge in [-0.3, -0.25) is 10.2 Å². The number of amides is 1. The molecule has 0 atom stereocenters. The molecule has 0 aromatic heterocycles. The maximum absolute atomic E-state index is 12.6. The normalized spacial score (nSPS) is 16.0. The smallest absolute Gasteiger partial charge is 0.411 e. The SMILES string of the molecule is O=C(Nc1cc(CN2CCCCCC2)ccc1O)OCC1c2ccccc2-c2ccccc21. The predicted octanol–water partition coefficient (Wildman–Crippen LogP) is 6.13. The lowest BCUT2D eigenvalue weighted by molar-refractivity contribution is 0.158. The second-order valence-corrected chi connectivity index (χ2v) is 8.99. The van der Waals surface area contributed by atoms with Crippen molar-refractivity contribution in [3.05, 3.63) is 83.4 Å². The molecule has 1 saturated heterocycles. The summed E-state index contributed by atoms with van der Waals surface area (Å²) in [6.45, 7) is 3.25. The van der Waals surface area contributed by atoms with Crippen molar-refractivity contribution >= 4 is 11.8 Å². The van der Waals surface area contributed by atoms with Crippen LogP contribution in [0.3, 0.4) is 0 Å². The second-order valence-electron chi connectivity index (χ2n) is 8.99. The van der Waals surface area contributed by atoms with E-state index in [1.807, 2.05) is 36.4 Å². The molecule has 5 rings (SSSR count). The molecule has 5 nitrogen and oxygen atoms in total. The Hall–Kier alpha value is -3.31. The maximum Gasteiger partial charge on any atom is 0.411 e. The molecule has 0 bridgehead atoms. The molecule has 33 heavy (non-hydrogen) atoms. The van der Waals surface area contributed by atoms with Gasteiger partial charge in [-0.2, -0.15) is 0 Å². The molecular weight excluding hydrogens is 412 g/mol. The van der Waals surface area contributed by atoms with Gasteiger partial charge in [0.05, 0.1) is 5.69 Å². The van der Waals surface area contributed by atoms with E-state index in [9.17, 15) is 9.90 Å². The van der Waals surface area contributed by atoms with Gasteiger partial charge in [0.15, 0.2) is 0 Å². The molecule has 1 heterocycles. The molecule has 1 amide bonds. The van der Waals surface area contributed by atoms with Crippen LogP contribution in [0.2, 0.25) is 0 Å². The zero-order chi connectivity index (χ0) is 22.6. The van der Waals surface area contributed by atoms with Gasteiger partial charge in [-0.05, 0) is 65.9 Å². The number of phenolic OH excluding ortho intramolecular Hbond substituents is 1. The molecule has 5 heteroatoms. The number of carbonyl (C=O) groups is 1. The molecule has 0 unspecified atom stereocenters. The molecule has 1 fully saturated rings. The molecule has 0 spiro atoms. The zero-order valence-electron chi connectivity index (χ0n) is 18.8. The Kier molecular flexibility index (Phi) is 6.31. The molecule has 2 aliphatic rings. The van der Waals surface area contributed by atoms with Crippen LogP contribution in [0.1, 0.15) is 48.3 Å². The van der Waals surface area contributed by atoms with Gasteiger partial charge in [0.2, 0.25) is 0 Å². The van der Waals surface area contributed by atoms with Gasteiger partial charge in [0.1, 0.15) is 12.4 Å². The summed E-state index contributed by atoms with van der Waals surface area (Å²) in [6.07, 6.45) is 4.48. The fraction of sp³-hybridized carbons (Fsp3) is 0.321. The molecule has 2 N–H and O–H groups in total. The Bertz CT molecular complexity index is 1090. The number of nitrogens with zero attached hydrogens (tertiary/aromatic N) is 1. The monoisotopic (exact) mass is 442 g/mol. The summed E-state index contributed by atoms with van der Waals surface area (Å²) in [4.78, 5) is 15.1. The van der Waals surface area contributed by atoms with E-state index in [1.165, 1.54) is 47.9 Å². The number of ether oxygens (including phenoxy) is 1. The lowest BCUT2D eigenvalue weighted by Gasteiger charge is -2.20. The molecule has 1 aliphatic carbocycles. The summed E-state index contributed by atoms with van der Waals surface area (Å²) in [5.74, 6) is 0.0502. The van der Waals surface area contributed by atoms with Crippen LogP contribution < -0.4 is 5.32 Å². The summed E-state index contributed by atoms with van der Waals surface area (Å²) in [5.41, 5.74) is 6.20. The summed E-state index contributed by atoms with van der Waals surface area (Å²) in [6, 6.07) is 21.9. The number of fused-ring (bicyclic) bond motifs is 3. The van der Waals surface area contributed by atoms with Crippen molar-refractivity contribution < 1.29 is 14.6 Å². The number of aromatic hydroxyl groups is 1. The first kappa shape index (κ1) is 21.5. The van der Waals surface area contributed by atoms with E-state index in [1.54, 1.807) is 6.07 Å². The van der Waals surface area contributed by atoms with Gasteiger partial charge >= 0.3 is 6.09 Å². The molecule has 3 aromatic carbocycles. The number of likely N-dealkylation sites (tertiary alicyclic amines) is 1. The number of phenols is 1. The van der Waals surface area contributed by atoms with Crippen LogP contribution in [0, 0.1) is 0 Å². The van der Waals surface area contributed by atoms with Gasteiger partial charge < -0.3 is 9.84 Å². The van der Waals surface area contributed by atoms with Crippen LogP contribution in [0.25, 0.3) is 11.1 Å². The minimum absolute atomic E-state index is 0.00566.